The summed E-state index contributed by atoms with van der Waals surface area (Å²) in [6.45, 7) is 0.837. The quantitative estimate of drug-likeness (QED) is 0.602. The topological polar surface area (TPSA) is 76.3 Å². The molecule has 8 heteroatoms. The second kappa shape index (κ2) is 7.53. The Kier molecular flexibility index (Phi) is 5.12. The largest absolute Gasteiger partial charge is 0.339 e. The van der Waals surface area contributed by atoms with Crippen LogP contribution in [0.2, 0.25) is 0 Å². The van der Waals surface area contributed by atoms with Crippen molar-refractivity contribution in [3.63, 3.8) is 0 Å². The number of sulfonamides is 1. The maximum atomic E-state index is 12.9. The molecule has 6 nitrogen and oxygen atoms in total. The minimum absolute atomic E-state index is 0.103. The predicted molar refractivity (Wildman–Crippen MR) is 105 cm³/mol. The summed E-state index contributed by atoms with van der Waals surface area (Å²) in [6, 6.07) is 16.3. The van der Waals surface area contributed by atoms with Crippen molar-refractivity contribution < 1.29 is 12.9 Å². The van der Waals surface area contributed by atoms with Crippen molar-refractivity contribution in [3.8, 4) is 11.4 Å². The average Bonchev–Trinajstić information content (AvgIpc) is 3.19. The van der Waals surface area contributed by atoms with Crippen molar-refractivity contribution in [2.45, 2.75) is 23.7 Å². The first kappa shape index (κ1) is 18.3. The molecule has 1 aliphatic heterocycles. The second-order valence-electron chi connectivity index (χ2n) is 6.48. The molecule has 1 saturated heterocycles. The first-order valence-electron chi connectivity index (χ1n) is 8.69. The van der Waals surface area contributed by atoms with Crippen molar-refractivity contribution in [2.24, 2.45) is 0 Å². The van der Waals surface area contributed by atoms with E-state index in [2.05, 4.69) is 26.1 Å². The molecule has 0 bridgehead atoms. The highest BCUT2D eigenvalue weighted by atomic mass is 79.9. The fraction of sp³-hybridized carbons (Fsp3) is 0.263. The zero-order valence-electron chi connectivity index (χ0n) is 14.5. The highest BCUT2D eigenvalue weighted by Gasteiger charge is 2.33. The Hall–Kier alpha value is -2.03. The van der Waals surface area contributed by atoms with E-state index >= 15 is 0 Å². The maximum Gasteiger partial charge on any atom is 0.243 e. The van der Waals surface area contributed by atoms with E-state index in [9.17, 15) is 8.42 Å². The van der Waals surface area contributed by atoms with Gasteiger partial charge in [0.15, 0.2) is 0 Å². The fourth-order valence-electron chi connectivity index (χ4n) is 3.22. The smallest absolute Gasteiger partial charge is 0.243 e. The molecule has 2 aromatic carbocycles. The molecule has 0 saturated carbocycles. The monoisotopic (exact) mass is 447 g/mol. The second-order valence-corrected chi connectivity index (χ2v) is 9.33. The molecule has 27 heavy (non-hydrogen) atoms. The lowest BCUT2D eigenvalue weighted by Crippen LogP contribution is -2.39. The Balaban J connectivity index is 1.55. The van der Waals surface area contributed by atoms with Gasteiger partial charge in [0.1, 0.15) is 0 Å². The van der Waals surface area contributed by atoms with E-state index in [4.69, 9.17) is 4.52 Å². The van der Waals surface area contributed by atoms with Crippen LogP contribution < -0.4 is 0 Å². The number of halogens is 1. The van der Waals surface area contributed by atoms with Gasteiger partial charge in [-0.2, -0.15) is 9.29 Å². The van der Waals surface area contributed by atoms with Crippen molar-refractivity contribution in [1.82, 2.24) is 14.4 Å². The molecule has 0 aliphatic carbocycles. The third-order valence-electron chi connectivity index (χ3n) is 4.66. The highest BCUT2D eigenvalue weighted by molar-refractivity contribution is 9.10. The molecule has 2 heterocycles. The van der Waals surface area contributed by atoms with Gasteiger partial charge < -0.3 is 4.52 Å². The number of piperidine rings is 1. The first-order valence-corrected chi connectivity index (χ1v) is 10.9. The van der Waals surface area contributed by atoms with Crippen LogP contribution in [-0.4, -0.2) is 36.0 Å². The Morgan fingerprint density at radius 3 is 2.56 bits per heavy atom. The fourth-order valence-corrected chi connectivity index (χ4v) is 5.01. The summed E-state index contributed by atoms with van der Waals surface area (Å²) >= 11 is 3.33. The van der Waals surface area contributed by atoms with Gasteiger partial charge in [-0.3, -0.25) is 0 Å². The predicted octanol–water partition coefficient (Wildman–Crippen LogP) is 4.07. The molecular weight excluding hydrogens is 430 g/mol. The highest BCUT2D eigenvalue weighted by Crippen LogP contribution is 2.30. The van der Waals surface area contributed by atoms with E-state index < -0.39 is 10.0 Å². The van der Waals surface area contributed by atoms with E-state index in [0.717, 1.165) is 22.9 Å². The van der Waals surface area contributed by atoms with E-state index in [1.165, 1.54) is 4.31 Å². The normalized spacial score (nSPS) is 18.5. The van der Waals surface area contributed by atoms with Crippen LogP contribution in [0, 0.1) is 0 Å². The lowest BCUT2D eigenvalue weighted by Gasteiger charge is -2.30. The number of hydrogen-bond acceptors (Lipinski definition) is 5. The van der Waals surface area contributed by atoms with Crippen molar-refractivity contribution in [1.29, 1.82) is 0 Å². The van der Waals surface area contributed by atoms with Gasteiger partial charge in [-0.15, -0.1) is 0 Å². The van der Waals surface area contributed by atoms with Crippen LogP contribution in [-0.2, 0) is 10.0 Å². The average molecular weight is 448 g/mol. The molecule has 0 unspecified atom stereocenters. The number of benzene rings is 2. The van der Waals surface area contributed by atoms with E-state index in [1.807, 2.05) is 30.3 Å². The third kappa shape index (κ3) is 3.83. The van der Waals surface area contributed by atoms with Crippen molar-refractivity contribution >= 4 is 26.0 Å². The molecule has 4 rings (SSSR count). The Labute approximate surface area is 166 Å². The van der Waals surface area contributed by atoms with Gasteiger partial charge >= 0.3 is 0 Å². The lowest BCUT2D eigenvalue weighted by atomic mass is 10.00. The first-order chi connectivity index (χ1) is 13.0. The summed E-state index contributed by atoms with van der Waals surface area (Å²) < 4.78 is 33.7. The Morgan fingerprint density at radius 1 is 1.07 bits per heavy atom. The Bertz CT molecular complexity index is 1020. The summed E-state index contributed by atoms with van der Waals surface area (Å²) in [5, 5.41) is 4.06. The summed E-state index contributed by atoms with van der Waals surface area (Å²) in [7, 11) is -3.54. The molecule has 1 aromatic heterocycles. The van der Waals surface area contributed by atoms with Gasteiger partial charge in [0.2, 0.25) is 21.7 Å². The molecular formula is C19H18BrN3O3S. The molecule has 0 amide bonds. The minimum atomic E-state index is -3.54. The number of nitrogens with zero attached hydrogens (tertiary/aromatic N) is 3. The van der Waals surface area contributed by atoms with Crippen LogP contribution in [0.15, 0.2) is 68.5 Å². The molecule has 3 aromatic rings. The van der Waals surface area contributed by atoms with Gasteiger partial charge in [0.25, 0.3) is 0 Å². The number of rotatable bonds is 4. The molecule has 0 spiro atoms. The minimum Gasteiger partial charge on any atom is -0.339 e. The third-order valence-corrected chi connectivity index (χ3v) is 7.07. The van der Waals surface area contributed by atoms with Crippen LogP contribution in [0.1, 0.15) is 24.7 Å². The summed E-state index contributed by atoms with van der Waals surface area (Å²) in [6.07, 6.45) is 1.58. The summed E-state index contributed by atoms with van der Waals surface area (Å²) in [5.74, 6) is 0.914. The van der Waals surface area contributed by atoms with Crippen molar-refractivity contribution in [3.05, 3.63) is 65.0 Å². The van der Waals surface area contributed by atoms with Gasteiger partial charge in [-0.25, -0.2) is 8.42 Å². The molecule has 1 atom stereocenters. The van der Waals surface area contributed by atoms with Gasteiger partial charge in [-0.1, -0.05) is 51.4 Å². The van der Waals surface area contributed by atoms with Crippen LogP contribution >= 0.6 is 15.9 Å². The van der Waals surface area contributed by atoms with Crippen LogP contribution in [0.4, 0.5) is 0 Å². The van der Waals surface area contributed by atoms with Gasteiger partial charge in [-0.05, 0) is 37.1 Å². The van der Waals surface area contributed by atoms with E-state index in [0.29, 0.717) is 29.7 Å². The van der Waals surface area contributed by atoms with Gasteiger partial charge in [0.05, 0.1) is 10.8 Å². The molecule has 1 aliphatic rings. The molecule has 0 radical (unpaired) electrons. The van der Waals surface area contributed by atoms with Crippen LogP contribution in [0.3, 0.4) is 0 Å². The molecule has 0 N–H and O–H groups in total. The van der Waals surface area contributed by atoms with E-state index in [1.54, 1.807) is 24.3 Å². The SMILES string of the molecule is O=S(=O)(c1ccc(Br)cc1)N1CCC[C@@H](c2nc(-c3ccccc3)no2)C1. The summed E-state index contributed by atoms with van der Waals surface area (Å²) in [5.41, 5.74) is 0.877. The zero-order valence-corrected chi connectivity index (χ0v) is 16.9. The maximum absolute atomic E-state index is 12.9. The standard InChI is InChI=1S/C19H18BrN3O3S/c20-16-8-10-17(11-9-16)27(24,25)23-12-4-7-15(13-23)19-21-18(22-26-19)14-5-2-1-3-6-14/h1-3,5-6,8-11,15H,4,7,12-13H2/t15-/m1/s1. The van der Waals surface area contributed by atoms with Gasteiger partial charge in [0, 0.05) is 23.1 Å². The Morgan fingerprint density at radius 2 is 1.81 bits per heavy atom. The van der Waals surface area contributed by atoms with E-state index in [-0.39, 0.29) is 5.92 Å². The molecule has 1 fully saturated rings. The molecule has 140 valence electrons. The van der Waals surface area contributed by atoms with Crippen LogP contribution in [0.25, 0.3) is 11.4 Å². The number of hydrogen-bond donors (Lipinski definition) is 0. The number of aromatic nitrogens is 2. The van der Waals surface area contributed by atoms with Crippen molar-refractivity contribution in [2.75, 3.05) is 13.1 Å². The zero-order chi connectivity index (χ0) is 18.9. The van der Waals surface area contributed by atoms with Crippen LogP contribution in [0.5, 0.6) is 0 Å². The lowest BCUT2D eigenvalue weighted by molar-refractivity contribution is 0.265. The summed E-state index contributed by atoms with van der Waals surface area (Å²) in [4.78, 5) is 4.79.